The van der Waals surface area contributed by atoms with E-state index in [-0.39, 0.29) is 34.9 Å². The Labute approximate surface area is 210 Å². The molecule has 4 rings (SSSR count). The van der Waals surface area contributed by atoms with Gasteiger partial charge < -0.3 is 15.2 Å². The average molecular weight is 504 g/mol. The Morgan fingerprint density at radius 2 is 1.75 bits per heavy atom. The molecule has 2 fully saturated rings. The zero-order chi connectivity index (χ0) is 26.6. The van der Waals surface area contributed by atoms with E-state index in [1.165, 1.54) is 6.07 Å². The second kappa shape index (κ2) is 11.2. The lowest BCUT2D eigenvalue weighted by atomic mass is 9.49. The van der Waals surface area contributed by atoms with Gasteiger partial charge in [-0.3, -0.25) is 9.69 Å². The van der Waals surface area contributed by atoms with E-state index < -0.39 is 18.6 Å². The molecule has 0 radical (unpaired) electrons. The van der Waals surface area contributed by atoms with Crippen molar-refractivity contribution in [1.29, 1.82) is 0 Å². The van der Waals surface area contributed by atoms with Crippen LogP contribution in [0.4, 0.5) is 25.0 Å². The number of benzene rings is 1. The number of para-hydroxylation sites is 1. The highest BCUT2D eigenvalue weighted by Crippen LogP contribution is 2.60. The molecule has 2 saturated carbocycles. The van der Waals surface area contributed by atoms with Crippen LogP contribution in [0.2, 0.25) is 0 Å². The zero-order valence-electron chi connectivity index (χ0n) is 21.4. The van der Waals surface area contributed by atoms with Crippen molar-refractivity contribution in [1.82, 2.24) is 4.98 Å². The summed E-state index contributed by atoms with van der Waals surface area (Å²) in [7, 11) is 0. The highest BCUT2D eigenvalue weighted by molar-refractivity contribution is 6.03. The number of amides is 2. The van der Waals surface area contributed by atoms with Crippen LogP contribution in [0.5, 0.6) is 5.88 Å². The molecule has 7 nitrogen and oxygen atoms in total. The largest absolute Gasteiger partial charge is 0.481 e. The minimum Gasteiger partial charge on any atom is -0.481 e. The van der Waals surface area contributed by atoms with E-state index in [0.29, 0.717) is 31.4 Å². The first-order chi connectivity index (χ1) is 17.1. The van der Waals surface area contributed by atoms with E-state index in [1.54, 1.807) is 17.9 Å². The quantitative estimate of drug-likeness (QED) is 0.432. The number of rotatable bonds is 7. The molecule has 0 unspecified atom stereocenters. The number of ether oxygens (including phenoxy) is 1. The fourth-order valence-electron chi connectivity index (χ4n) is 5.26. The van der Waals surface area contributed by atoms with Crippen LogP contribution < -0.4 is 15.0 Å². The fraction of sp³-hybridized carbons (Fsp3) is 0.519. The number of aromatic nitrogens is 1. The number of alkyl halides is 2. The standard InChI is InChI=1S/C25H29F2N3O4.C2H6/c1-14(2)18-6-4-5-7-20(18)30(17-12-25(13-17)10-16(11-25)22(31)32)24(33)29-19-9-8-15(3)28-21(19)34-23(26)27;1-2/h4-9,14,16-17,23H,10-13H2,1-3H3,(H,29,33)(H,31,32);1-2H3. The molecule has 0 bridgehead atoms. The maximum absolute atomic E-state index is 13.6. The number of halogens is 2. The van der Waals surface area contributed by atoms with Gasteiger partial charge >= 0.3 is 18.6 Å². The minimum absolute atomic E-state index is 0.0472. The molecular weight excluding hydrogens is 468 g/mol. The van der Waals surface area contributed by atoms with Crippen LogP contribution in [0.3, 0.4) is 0 Å². The van der Waals surface area contributed by atoms with Gasteiger partial charge in [0.25, 0.3) is 0 Å². The average Bonchev–Trinajstić information content (AvgIpc) is 2.77. The number of nitrogens with one attached hydrogen (secondary N) is 1. The number of anilines is 2. The highest BCUT2D eigenvalue weighted by Gasteiger charge is 2.57. The molecule has 1 aromatic heterocycles. The van der Waals surface area contributed by atoms with Crippen molar-refractivity contribution in [2.75, 3.05) is 10.2 Å². The second-order valence-electron chi connectivity index (χ2n) is 9.70. The van der Waals surface area contributed by atoms with Crippen molar-refractivity contribution in [3.63, 3.8) is 0 Å². The molecule has 9 heteroatoms. The van der Waals surface area contributed by atoms with Crippen LogP contribution in [-0.4, -0.2) is 34.7 Å². The number of aryl methyl sites for hydroxylation is 1. The summed E-state index contributed by atoms with van der Waals surface area (Å²) in [4.78, 5) is 30.5. The van der Waals surface area contributed by atoms with Gasteiger partial charge in [0.1, 0.15) is 5.69 Å². The number of aliphatic carboxylic acids is 1. The Hall–Kier alpha value is -3.23. The number of carboxylic acids is 1. The first-order valence-electron chi connectivity index (χ1n) is 12.4. The number of hydrogen-bond donors (Lipinski definition) is 2. The SMILES string of the molecule is CC.Cc1ccc(NC(=O)N(c2ccccc2C(C)C)C2CC3(CC(C(=O)O)C3)C2)c(OC(F)F)n1. The molecule has 0 saturated heterocycles. The fourth-order valence-corrected chi connectivity index (χ4v) is 5.26. The van der Waals surface area contributed by atoms with E-state index in [2.05, 4.69) is 15.0 Å². The van der Waals surface area contributed by atoms with Gasteiger partial charge in [0.15, 0.2) is 0 Å². The summed E-state index contributed by atoms with van der Waals surface area (Å²) in [6.07, 6.45) is 2.63. The lowest BCUT2D eigenvalue weighted by Crippen LogP contribution is -2.59. The third-order valence-corrected chi connectivity index (χ3v) is 6.89. The van der Waals surface area contributed by atoms with Crippen LogP contribution in [0.15, 0.2) is 36.4 Å². The Bertz CT molecular complexity index is 1080. The Balaban J connectivity index is 0.00000176. The molecule has 2 aliphatic rings. The Morgan fingerprint density at radius 1 is 1.11 bits per heavy atom. The van der Waals surface area contributed by atoms with Crippen molar-refractivity contribution in [3.8, 4) is 5.88 Å². The normalized spacial score (nSPS) is 22.2. The third-order valence-electron chi connectivity index (χ3n) is 6.89. The number of nitrogens with zero attached hydrogens (tertiary/aromatic N) is 2. The van der Waals surface area contributed by atoms with Crippen molar-refractivity contribution in [2.45, 2.75) is 78.9 Å². The van der Waals surface area contributed by atoms with Gasteiger partial charge in [0.2, 0.25) is 5.88 Å². The minimum atomic E-state index is -3.07. The van der Waals surface area contributed by atoms with Crippen LogP contribution in [0.1, 0.15) is 70.6 Å². The first kappa shape index (κ1) is 27.4. The van der Waals surface area contributed by atoms with Gasteiger partial charge in [0, 0.05) is 17.4 Å². The van der Waals surface area contributed by atoms with Crippen LogP contribution in [0.25, 0.3) is 0 Å². The number of pyridine rings is 1. The molecule has 1 aromatic carbocycles. The highest BCUT2D eigenvalue weighted by atomic mass is 19.3. The molecule has 2 N–H and O–H groups in total. The van der Waals surface area contributed by atoms with Gasteiger partial charge in [-0.05, 0) is 67.7 Å². The van der Waals surface area contributed by atoms with E-state index >= 15 is 0 Å². The van der Waals surface area contributed by atoms with E-state index in [4.69, 9.17) is 0 Å². The predicted octanol–water partition coefficient (Wildman–Crippen LogP) is 6.82. The summed E-state index contributed by atoms with van der Waals surface area (Å²) >= 11 is 0. The van der Waals surface area contributed by atoms with E-state index in [0.717, 1.165) is 11.3 Å². The Morgan fingerprint density at radius 3 is 2.33 bits per heavy atom. The molecule has 2 amide bonds. The lowest BCUT2D eigenvalue weighted by molar-refractivity contribution is -0.155. The number of urea groups is 1. The molecule has 0 atom stereocenters. The van der Waals surface area contributed by atoms with Gasteiger partial charge in [-0.25, -0.2) is 9.78 Å². The summed E-state index contributed by atoms with van der Waals surface area (Å²) in [5.41, 5.74) is 2.23. The molecule has 2 aromatic rings. The molecular formula is C27H35F2N3O4. The molecule has 1 spiro atoms. The maximum Gasteiger partial charge on any atom is 0.388 e. The lowest BCUT2D eigenvalue weighted by Gasteiger charge is -2.59. The van der Waals surface area contributed by atoms with Gasteiger partial charge in [-0.15, -0.1) is 0 Å². The van der Waals surface area contributed by atoms with Crippen molar-refractivity contribution in [3.05, 3.63) is 47.7 Å². The number of carbonyl (C=O) groups excluding carboxylic acids is 1. The number of carboxylic acid groups (broad SMARTS) is 1. The molecule has 0 aliphatic heterocycles. The monoisotopic (exact) mass is 503 g/mol. The Kier molecular flexibility index (Phi) is 8.53. The van der Waals surface area contributed by atoms with Crippen molar-refractivity contribution < 1.29 is 28.2 Å². The molecule has 36 heavy (non-hydrogen) atoms. The van der Waals surface area contributed by atoms with Crippen molar-refractivity contribution >= 4 is 23.4 Å². The van der Waals surface area contributed by atoms with Crippen molar-refractivity contribution in [2.24, 2.45) is 11.3 Å². The van der Waals surface area contributed by atoms with Crippen LogP contribution >= 0.6 is 0 Å². The summed E-state index contributed by atoms with van der Waals surface area (Å²) in [6, 6.07) is 10.1. The zero-order valence-corrected chi connectivity index (χ0v) is 21.4. The topological polar surface area (TPSA) is 91.8 Å². The van der Waals surface area contributed by atoms with Crippen LogP contribution in [0, 0.1) is 18.3 Å². The number of carbonyl (C=O) groups is 2. The maximum atomic E-state index is 13.6. The first-order valence-corrected chi connectivity index (χ1v) is 12.4. The van der Waals surface area contributed by atoms with Gasteiger partial charge in [0.05, 0.1) is 5.92 Å². The summed E-state index contributed by atoms with van der Waals surface area (Å²) in [5.74, 6) is -1.28. The number of hydrogen-bond acceptors (Lipinski definition) is 4. The summed E-state index contributed by atoms with van der Waals surface area (Å²) in [5, 5.41) is 12.0. The van der Waals surface area contributed by atoms with Crippen LogP contribution in [-0.2, 0) is 4.79 Å². The van der Waals surface area contributed by atoms with Gasteiger partial charge in [-0.1, -0.05) is 45.9 Å². The molecule has 1 heterocycles. The molecule has 2 aliphatic carbocycles. The predicted molar refractivity (Wildman–Crippen MR) is 135 cm³/mol. The van der Waals surface area contributed by atoms with E-state index in [9.17, 15) is 23.5 Å². The third kappa shape index (κ3) is 5.77. The smallest absolute Gasteiger partial charge is 0.388 e. The summed E-state index contributed by atoms with van der Waals surface area (Å²) < 4.78 is 30.4. The molecule has 196 valence electrons. The second-order valence-corrected chi connectivity index (χ2v) is 9.70. The van der Waals surface area contributed by atoms with Gasteiger partial charge in [-0.2, -0.15) is 8.78 Å². The summed E-state index contributed by atoms with van der Waals surface area (Å²) in [6.45, 7) is 6.65. The van der Waals surface area contributed by atoms with E-state index in [1.807, 2.05) is 52.0 Å².